The second-order valence-corrected chi connectivity index (χ2v) is 6.90. The van der Waals surface area contributed by atoms with Gasteiger partial charge in [0.05, 0.1) is 7.11 Å². The molecule has 0 bridgehead atoms. The average molecular weight is 362 g/mol. The second-order valence-electron chi connectivity index (χ2n) is 6.90. The highest BCUT2D eigenvalue weighted by atomic mass is 19.1. The molecule has 26 heavy (non-hydrogen) atoms. The van der Waals surface area contributed by atoms with Crippen LogP contribution in [0.1, 0.15) is 43.6 Å². The third-order valence-corrected chi connectivity index (χ3v) is 5.27. The summed E-state index contributed by atoms with van der Waals surface area (Å²) in [5.74, 6) is -0.756. The van der Waals surface area contributed by atoms with Crippen LogP contribution in [0.4, 0.5) is 4.39 Å². The lowest BCUT2D eigenvalue weighted by atomic mass is 9.89. The summed E-state index contributed by atoms with van der Waals surface area (Å²) in [4.78, 5) is 36.9. The van der Waals surface area contributed by atoms with Crippen LogP contribution in [0.5, 0.6) is 5.75 Å². The zero-order chi connectivity index (χ0) is 18.7. The molecule has 3 rings (SSSR count). The van der Waals surface area contributed by atoms with Crippen molar-refractivity contribution in [3.8, 4) is 5.75 Å². The Kier molecular flexibility index (Phi) is 5.54. The van der Waals surface area contributed by atoms with E-state index >= 15 is 0 Å². The molecule has 1 atom stereocenters. The third kappa shape index (κ3) is 4.03. The smallest absolute Gasteiger partial charge is 0.230 e. The van der Waals surface area contributed by atoms with Crippen molar-refractivity contribution in [2.75, 3.05) is 20.2 Å². The van der Waals surface area contributed by atoms with Gasteiger partial charge in [0, 0.05) is 31.8 Å². The standard InChI is InChI=1S/C19H23FN2O4/c1-26-16-10-13(2-4-15(16)20)12-6-8-22(9-7-12)18(24)5-3-14-11-17(23)21-19(14)25/h2,4,10,12,14H,3,5-9,11H2,1H3,(H,21,23,25)/t14-/m0/s1. The molecule has 0 aromatic heterocycles. The molecular weight excluding hydrogens is 339 g/mol. The summed E-state index contributed by atoms with van der Waals surface area (Å²) >= 11 is 0. The number of piperidine rings is 1. The number of nitrogens with one attached hydrogen (secondary N) is 1. The van der Waals surface area contributed by atoms with Crippen LogP contribution < -0.4 is 10.1 Å². The number of benzene rings is 1. The largest absolute Gasteiger partial charge is 0.494 e. The van der Waals surface area contributed by atoms with Gasteiger partial charge in [0.15, 0.2) is 11.6 Å². The maximum absolute atomic E-state index is 13.5. The number of nitrogens with zero attached hydrogens (tertiary/aromatic N) is 1. The lowest BCUT2D eigenvalue weighted by Gasteiger charge is -2.32. The Morgan fingerprint density at radius 3 is 2.65 bits per heavy atom. The molecule has 0 aliphatic carbocycles. The highest BCUT2D eigenvalue weighted by Gasteiger charge is 2.31. The molecule has 6 nitrogen and oxygen atoms in total. The van der Waals surface area contributed by atoms with Crippen LogP contribution in [0.15, 0.2) is 18.2 Å². The van der Waals surface area contributed by atoms with E-state index in [4.69, 9.17) is 4.74 Å². The predicted molar refractivity (Wildman–Crippen MR) is 92.0 cm³/mol. The summed E-state index contributed by atoms with van der Waals surface area (Å²) in [6.45, 7) is 1.28. The monoisotopic (exact) mass is 362 g/mol. The Labute approximate surface area is 151 Å². The van der Waals surface area contributed by atoms with Crippen LogP contribution in [0, 0.1) is 11.7 Å². The second kappa shape index (κ2) is 7.85. The minimum Gasteiger partial charge on any atom is -0.494 e. The lowest BCUT2D eigenvalue weighted by molar-refractivity contribution is -0.132. The summed E-state index contributed by atoms with van der Waals surface area (Å²) in [6.07, 6.45) is 2.48. The van der Waals surface area contributed by atoms with Crippen molar-refractivity contribution in [2.45, 2.75) is 38.0 Å². The van der Waals surface area contributed by atoms with Gasteiger partial charge in [0.1, 0.15) is 0 Å². The number of hydrogen-bond donors (Lipinski definition) is 1. The number of ether oxygens (including phenoxy) is 1. The molecule has 1 N–H and O–H groups in total. The minimum atomic E-state index is -0.379. The van der Waals surface area contributed by atoms with Gasteiger partial charge in [-0.3, -0.25) is 19.7 Å². The number of carbonyl (C=O) groups is 3. The van der Waals surface area contributed by atoms with Gasteiger partial charge in [-0.2, -0.15) is 0 Å². The van der Waals surface area contributed by atoms with Crippen LogP contribution in [-0.4, -0.2) is 42.8 Å². The number of carbonyl (C=O) groups excluding carboxylic acids is 3. The number of likely N-dealkylation sites (tertiary alicyclic amines) is 1. The molecule has 7 heteroatoms. The zero-order valence-electron chi connectivity index (χ0n) is 14.8. The molecule has 0 spiro atoms. The topological polar surface area (TPSA) is 75.7 Å². The van der Waals surface area contributed by atoms with E-state index in [9.17, 15) is 18.8 Å². The van der Waals surface area contributed by atoms with Crippen molar-refractivity contribution in [1.82, 2.24) is 10.2 Å². The highest BCUT2D eigenvalue weighted by Crippen LogP contribution is 2.31. The quantitative estimate of drug-likeness (QED) is 0.813. The number of methoxy groups -OCH3 is 1. The molecular formula is C19H23FN2O4. The van der Waals surface area contributed by atoms with Crippen molar-refractivity contribution >= 4 is 17.7 Å². The number of imide groups is 1. The van der Waals surface area contributed by atoms with E-state index in [0.717, 1.165) is 18.4 Å². The highest BCUT2D eigenvalue weighted by molar-refractivity contribution is 6.03. The summed E-state index contributed by atoms with van der Waals surface area (Å²) in [6, 6.07) is 4.92. The van der Waals surface area contributed by atoms with Crippen LogP contribution in [-0.2, 0) is 14.4 Å². The summed E-state index contributed by atoms with van der Waals surface area (Å²) in [5, 5.41) is 2.27. The Morgan fingerprint density at radius 2 is 2.04 bits per heavy atom. The van der Waals surface area contributed by atoms with Gasteiger partial charge in [0.25, 0.3) is 0 Å². The Hall–Kier alpha value is -2.44. The maximum atomic E-state index is 13.5. The van der Waals surface area contributed by atoms with E-state index in [0.29, 0.717) is 19.5 Å². The number of hydrogen-bond acceptors (Lipinski definition) is 4. The fourth-order valence-corrected chi connectivity index (χ4v) is 3.69. The number of halogens is 1. The van der Waals surface area contributed by atoms with Gasteiger partial charge in [-0.05, 0) is 42.9 Å². The van der Waals surface area contributed by atoms with E-state index in [1.165, 1.54) is 13.2 Å². The van der Waals surface area contributed by atoms with E-state index < -0.39 is 0 Å². The molecule has 0 saturated carbocycles. The fraction of sp³-hybridized carbons (Fsp3) is 0.526. The summed E-state index contributed by atoms with van der Waals surface area (Å²) in [7, 11) is 1.45. The third-order valence-electron chi connectivity index (χ3n) is 5.27. The average Bonchev–Trinajstić information content (AvgIpc) is 2.97. The van der Waals surface area contributed by atoms with Gasteiger partial charge in [-0.15, -0.1) is 0 Å². The maximum Gasteiger partial charge on any atom is 0.230 e. The molecule has 2 fully saturated rings. The normalized spacial score (nSPS) is 21.0. The Balaban J connectivity index is 1.49. The summed E-state index contributed by atoms with van der Waals surface area (Å²) in [5.41, 5.74) is 1.02. The molecule has 0 unspecified atom stereocenters. The Bertz CT molecular complexity index is 713. The molecule has 0 radical (unpaired) electrons. The first kappa shape index (κ1) is 18.4. The van der Waals surface area contributed by atoms with Gasteiger partial charge < -0.3 is 9.64 Å². The van der Waals surface area contributed by atoms with Crippen molar-refractivity contribution in [3.05, 3.63) is 29.6 Å². The van der Waals surface area contributed by atoms with E-state index in [1.807, 2.05) is 4.90 Å². The first-order valence-electron chi connectivity index (χ1n) is 8.93. The van der Waals surface area contributed by atoms with Crippen LogP contribution in [0.3, 0.4) is 0 Å². The van der Waals surface area contributed by atoms with Crippen molar-refractivity contribution in [3.63, 3.8) is 0 Å². The molecule has 2 aliphatic rings. The van der Waals surface area contributed by atoms with Crippen molar-refractivity contribution in [1.29, 1.82) is 0 Å². The first-order valence-corrected chi connectivity index (χ1v) is 8.93. The summed E-state index contributed by atoms with van der Waals surface area (Å²) < 4.78 is 18.6. The molecule has 1 aromatic carbocycles. The van der Waals surface area contributed by atoms with Gasteiger partial charge >= 0.3 is 0 Å². The van der Waals surface area contributed by atoms with E-state index in [-0.39, 0.29) is 54.0 Å². The molecule has 2 aliphatic heterocycles. The predicted octanol–water partition coefficient (Wildman–Crippen LogP) is 1.98. The molecule has 140 valence electrons. The van der Waals surface area contributed by atoms with Crippen molar-refractivity contribution in [2.24, 2.45) is 5.92 Å². The zero-order valence-corrected chi connectivity index (χ0v) is 14.8. The molecule has 3 amide bonds. The first-order chi connectivity index (χ1) is 12.5. The van der Waals surface area contributed by atoms with Gasteiger partial charge in [0.2, 0.25) is 17.7 Å². The molecule has 2 heterocycles. The molecule has 1 aromatic rings. The van der Waals surface area contributed by atoms with Gasteiger partial charge in [-0.1, -0.05) is 6.07 Å². The minimum absolute atomic E-state index is 0.0206. The van der Waals surface area contributed by atoms with Crippen LogP contribution in [0.2, 0.25) is 0 Å². The van der Waals surface area contributed by atoms with Crippen LogP contribution >= 0.6 is 0 Å². The van der Waals surface area contributed by atoms with Gasteiger partial charge in [-0.25, -0.2) is 4.39 Å². The molecule has 2 saturated heterocycles. The van der Waals surface area contributed by atoms with Crippen molar-refractivity contribution < 1.29 is 23.5 Å². The lowest BCUT2D eigenvalue weighted by Crippen LogP contribution is -2.38. The Morgan fingerprint density at radius 1 is 1.31 bits per heavy atom. The van der Waals surface area contributed by atoms with E-state index in [1.54, 1.807) is 12.1 Å². The van der Waals surface area contributed by atoms with Crippen LogP contribution in [0.25, 0.3) is 0 Å². The number of rotatable bonds is 5. The fourth-order valence-electron chi connectivity index (χ4n) is 3.69. The SMILES string of the molecule is COc1cc(C2CCN(C(=O)CC[C@H]3CC(=O)NC3=O)CC2)ccc1F. The van der Waals surface area contributed by atoms with E-state index in [2.05, 4.69) is 5.32 Å². The number of amides is 3.